The van der Waals surface area contributed by atoms with Gasteiger partial charge in [-0.1, -0.05) is 76.0 Å². The highest BCUT2D eigenvalue weighted by Gasteiger charge is 2.44. The van der Waals surface area contributed by atoms with Crippen molar-refractivity contribution in [2.24, 2.45) is 0 Å². The third kappa shape index (κ3) is 14.0. The molecule has 1 rings (SSSR count). The first kappa shape index (κ1) is 34.4. The van der Waals surface area contributed by atoms with E-state index in [0.29, 0.717) is 6.42 Å². The second-order valence-corrected chi connectivity index (χ2v) is 9.82. The Morgan fingerprint density at radius 1 is 0.868 bits per heavy atom. The second kappa shape index (κ2) is 21.3. The molecule has 0 aromatic carbocycles. The van der Waals surface area contributed by atoms with Gasteiger partial charge in [-0.15, -0.1) is 0 Å². The molecule has 9 nitrogen and oxygen atoms in total. The zero-order valence-corrected chi connectivity index (χ0v) is 23.2. The van der Waals surface area contributed by atoms with Crippen molar-refractivity contribution >= 4 is 5.91 Å². The fourth-order valence-corrected chi connectivity index (χ4v) is 4.01. The smallest absolute Gasteiger partial charge is 0.220 e. The summed E-state index contributed by atoms with van der Waals surface area (Å²) in [6.45, 7) is 3.47. The van der Waals surface area contributed by atoms with Gasteiger partial charge in [0, 0.05) is 6.42 Å². The number of amides is 1. The van der Waals surface area contributed by atoms with Gasteiger partial charge in [0.15, 0.2) is 6.29 Å². The van der Waals surface area contributed by atoms with E-state index in [1.54, 1.807) is 6.08 Å². The molecule has 220 valence electrons. The van der Waals surface area contributed by atoms with Crippen molar-refractivity contribution in [2.75, 3.05) is 13.2 Å². The Balaban J connectivity index is 2.63. The zero-order valence-electron chi connectivity index (χ0n) is 23.2. The van der Waals surface area contributed by atoms with Crippen LogP contribution in [0.25, 0.3) is 0 Å². The molecule has 1 saturated heterocycles. The lowest BCUT2D eigenvalue weighted by Crippen LogP contribution is -2.60. The van der Waals surface area contributed by atoms with Crippen LogP contribution >= 0.6 is 0 Å². The van der Waals surface area contributed by atoms with Gasteiger partial charge in [0.25, 0.3) is 0 Å². The van der Waals surface area contributed by atoms with E-state index in [1.807, 2.05) is 6.08 Å². The fourth-order valence-electron chi connectivity index (χ4n) is 4.01. The summed E-state index contributed by atoms with van der Waals surface area (Å²) < 4.78 is 11.0. The maximum Gasteiger partial charge on any atom is 0.220 e. The molecule has 38 heavy (non-hydrogen) atoms. The topological polar surface area (TPSA) is 149 Å². The minimum Gasteiger partial charge on any atom is -0.394 e. The minimum atomic E-state index is -1.57. The van der Waals surface area contributed by atoms with E-state index in [0.717, 1.165) is 64.2 Å². The van der Waals surface area contributed by atoms with Gasteiger partial charge < -0.3 is 40.3 Å². The Kier molecular flexibility index (Phi) is 19.3. The summed E-state index contributed by atoms with van der Waals surface area (Å²) in [5, 5.41) is 53.1. The second-order valence-electron chi connectivity index (χ2n) is 9.82. The third-order valence-corrected chi connectivity index (χ3v) is 6.43. The molecule has 0 bridgehead atoms. The molecular formula is C29H51NO8. The van der Waals surface area contributed by atoms with E-state index in [1.165, 1.54) is 0 Å². The molecular weight excluding hydrogens is 490 g/mol. The first-order valence-electron chi connectivity index (χ1n) is 14.2. The summed E-state index contributed by atoms with van der Waals surface area (Å²) in [5.74, 6) is -0.216. The number of nitrogens with one attached hydrogen (secondary N) is 1. The zero-order chi connectivity index (χ0) is 28.2. The number of carbonyl (C=O) groups is 1. The van der Waals surface area contributed by atoms with Crippen LogP contribution in [0.2, 0.25) is 0 Å². The van der Waals surface area contributed by atoms with Gasteiger partial charge in [-0.05, 0) is 38.5 Å². The predicted octanol–water partition coefficient (Wildman–Crippen LogP) is 2.65. The van der Waals surface area contributed by atoms with Crippen molar-refractivity contribution < 1.29 is 39.8 Å². The van der Waals surface area contributed by atoms with Gasteiger partial charge in [-0.3, -0.25) is 4.79 Å². The Hall–Kier alpha value is -1.59. The highest BCUT2D eigenvalue weighted by Crippen LogP contribution is 2.22. The van der Waals surface area contributed by atoms with Gasteiger partial charge in [-0.25, -0.2) is 0 Å². The highest BCUT2D eigenvalue weighted by molar-refractivity contribution is 5.76. The van der Waals surface area contributed by atoms with Crippen LogP contribution in [0.3, 0.4) is 0 Å². The van der Waals surface area contributed by atoms with Crippen LogP contribution in [0.1, 0.15) is 84.5 Å². The molecule has 0 spiro atoms. The molecule has 0 aromatic rings. The number of ether oxygens (including phenoxy) is 2. The van der Waals surface area contributed by atoms with E-state index in [-0.39, 0.29) is 12.5 Å². The van der Waals surface area contributed by atoms with Crippen LogP contribution in [0.5, 0.6) is 0 Å². The van der Waals surface area contributed by atoms with E-state index in [2.05, 4.69) is 43.5 Å². The quantitative estimate of drug-likeness (QED) is 0.102. The molecule has 7 atom stereocenters. The van der Waals surface area contributed by atoms with Gasteiger partial charge in [0.1, 0.15) is 24.4 Å². The van der Waals surface area contributed by atoms with Crippen LogP contribution in [-0.4, -0.2) is 87.5 Å². The molecule has 0 saturated carbocycles. The van der Waals surface area contributed by atoms with Gasteiger partial charge in [0.05, 0.1) is 25.4 Å². The molecule has 7 unspecified atom stereocenters. The lowest BCUT2D eigenvalue weighted by molar-refractivity contribution is -0.302. The maximum atomic E-state index is 12.5. The Bertz CT molecular complexity index is 696. The lowest BCUT2D eigenvalue weighted by Gasteiger charge is -2.40. The minimum absolute atomic E-state index is 0.208. The molecule has 1 fully saturated rings. The van der Waals surface area contributed by atoms with E-state index < -0.39 is 49.5 Å². The SMILES string of the molecule is CCC/C=C/CC/C=C/CC/C=C/C(O)C(COC1OC(CO)C(O)C(O)C1O)NC(=O)CCCCCC. The summed E-state index contributed by atoms with van der Waals surface area (Å²) >= 11 is 0. The van der Waals surface area contributed by atoms with Gasteiger partial charge >= 0.3 is 0 Å². The highest BCUT2D eigenvalue weighted by atomic mass is 16.7. The standard InChI is InChI=1S/C29H51NO8/c1-3-5-7-9-10-11-12-13-14-15-16-18-23(32)22(30-25(33)19-17-8-6-4-2)21-37-29-28(36)27(35)26(34)24(20-31)38-29/h7,9,12-13,16,18,22-24,26-29,31-32,34-36H,3-6,8,10-11,14-15,17,19-21H2,1-2H3,(H,30,33)/b9-7+,13-12+,18-16+. The summed E-state index contributed by atoms with van der Waals surface area (Å²) in [7, 11) is 0. The average Bonchev–Trinajstić information content (AvgIpc) is 2.91. The van der Waals surface area contributed by atoms with Crippen molar-refractivity contribution in [1.29, 1.82) is 0 Å². The van der Waals surface area contributed by atoms with Crippen LogP contribution in [0.15, 0.2) is 36.5 Å². The third-order valence-electron chi connectivity index (χ3n) is 6.43. The van der Waals surface area contributed by atoms with Crippen molar-refractivity contribution in [1.82, 2.24) is 5.32 Å². The van der Waals surface area contributed by atoms with Crippen LogP contribution < -0.4 is 5.32 Å². The molecule has 1 aliphatic heterocycles. The maximum absolute atomic E-state index is 12.5. The molecule has 0 radical (unpaired) electrons. The van der Waals surface area contributed by atoms with Crippen molar-refractivity contribution in [3.63, 3.8) is 0 Å². The molecule has 1 aliphatic rings. The number of hydrogen-bond donors (Lipinski definition) is 6. The molecule has 9 heteroatoms. The molecule has 1 heterocycles. The van der Waals surface area contributed by atoms with Crippen LogP contribution in [0.4, 0.5) is 0 Å². The number of aliphatic hydroxyl groups is 5. The molecule has 0 aliphatic carbocycles. The number of aliphatic hydroxyl groups excluding tert-OH is 5. The lowest BCUT2D eigenvalue weighted by atomic mass is 9.99. The van der Waals surface area contributed by atoms with Gasteiger partial charge in [-0.2, -0.15) is 0 Å². The largest absolute Gasteiger partial charge is 0.394 e. The Morgan fingerprint density at radius 2 is 1.50 bits per heavy atom. The van der Waals surface area contributed by atoms with Crippen LogP contribution in [0, 0.1) is 0 Å². The summed E-state index contributed by atoms with van der Waals surface area (Å²) in [6, 6.07) is -0.817. The van der Waals surface area contributed by atoms with E-state index >= 15 is 0 Å². The van der Waals surface area contributed by atoms with Crippen molar-refractivity contribution in [3.05, 3.63) is 36.5 Å². The van der Waals surface area contributed by atoms with Crippen LogP contribution in [-0.2, 0) is 14.3 Å². The predicted molar refractivity (Wildman–Crippen MR) is 147 cm³/mol. The first-order chi connectivity index (χ1) is 18.3. The van der Waals surface area contributed by atoms with E-state index in [4.69, 9.17) is 9.47 Å². The normalized spacial score (nSPS) is 25.9. The number of hydrogen-bond acceptors (Lipinski definition) is 8. The summed E-state index contributed by atoms with van der Waals surface area (Å²) in [5.41, 5.74) is 0. The first-order valence-corrected chi connectivity index (χ1v) is 14.2. The number of rotatable bonds is 20. The van der Waals surface area contributed by atoms with Gasteiger partial charge in [0.2, 0.25) is 5.91 Å². The Morgan fingerprint density at radius 3 is 2.11 bits per heavy atom. The molecule has 0 aromatic heterocycles. The number of unbranched alkanes of at least 4 members (excludes halogenated alkanes) is 6. The van der Waals surface area contributed by atoms with E-state index in [9.17, 15) is 30.3 Å². The van der Waals surface area contributed by atoms with Crippen molar-refractivity contribution in [2.45, 2.75) is 127 Å². The summed E-state index contributed by atoms with van der Waals surface area (Å²) in [4.78, 5) is 12.5. The number of carbonyl (C=O) groups excluding carboxylic acids is 1. The fraction of sp³-hybridized carbons (Fsp3) is 0.759. The average molecular weight is 542 g/mol. The number of allylic oxidation sites excluding steroid dienone is 5. The molecule has 1 amide bonds. The monoisotopic (exact) mass is 541 g/mol. The summed E-state index contributed by atoms with van der Waals surface area (Å²) in [6.07, 6.45) is 14.0. The molecule has 6 N–H and O–H groups in total. The Labute approximate surface area is 228 Å². The van der Waals surface area contributed by atoms with Crippen molar-refractivity contribution in [3.8, 4) is 0 Å².